The predicted octanol–water partition coefficient (Wildman–Crippen LogP) is 9.64. The molecular formula is C35H28OSi. The van der Waals surface area contributed by atoms with Crippen molar-refractivity contribution >= 4 is 34.8 Å². The maximum absolute atomic E-state index is 6.57. The lowest BCUT2D eigenvalue weighted by atomic mass is 9.88. The van der Waals surface area contributed by atoms with Crippen LogP contribution in [0.3, 0.4) is 0 Å². The summed E-state index contributed by atoms with van der Waals surface area (Å²) in [6, 6.07) is 41.9. The fourth-order valence-corrected chi connectivity index (χ4v) is 6.83. The van der Waals surface area contributed by atoms with E-state index in [1.165, 1.54) is 54.5 Å². The smallest absolute Gasteiger partial charge is 0.135 e. The highest BCUT2D eigenvalue weighted by atomic mass is 28.3. The first-order chi connectivity index (χ1) is 18.0. The summed E-state index contributed by atoms with van der Waals surface area (Å²) in [4.78, 5) is 0. The van der Waals surface area contributed by atoms with E-state index in [1.54, 1.807) is 0 Å². The Kier molecular flexibility index (Phi) is 4.89. The standard InChI is InChI=1S/C35H28OSi/c1-37(2,3)26-17-14-23(15-18-26)25-16-19-30-32-21-20-29(28-11-6-9-24-8-4-5-10-27(24)28)31-12-7-13-33(35(31)32)36-34(30)22-25/h4-22H,1-3H3. The van der Waals surface area contributed by atoms with Crippen LogP contribution in [0, 0.1) is 0 Å². The summed E-state index contributed by atoms with van der Waals surface area (Å²) in [7, 11) is -1.32. The summed E-state index contributed by atoms with van der Waals surface area (Å²) in [5.41, 5.74) is 7.29. The largest absolute Gasteiger partial charge is 0.456 e. The van der Waals surface area contributed by atoms with Crippen LogP contribution in [0.2, 0.25) is 19.6 Å². The molecule has 7 rings (SSSR count). The minimum atomic E-state index is -1.32. The van der Waals surface area contributed by atoms with Gasteiger partial charge in [0.1, 0.15) is 11.5 Å². The maximum Gasteiger partial charge on any atom is 0.135 e. The molecule has 0 saturated carbocycles. The molecule has 178 valence electrons. The number of rotatable bonds is 3. The minimum absolute atomic E-state index is 0.921. The van der Waals surface area contributed by atoms with Crippen molar-refractivity contribution in [1.29, 1.82) is 0 Å². The van der Waals surface area contributed by atoms with Crippen molar-refractivity contribution in [3.8, 4) is 44.9 Å². The van der Waals surface area contributed by atoms with E-state index < -0.39 is 8.07 Å². The first-order valence-corrected chi connectivity index (χ1v) is 16.4. The number of fused-ring (bicyclic) bond motifs is 3. The van der Waals surface area contributed by atoms with E-state index in [1.807, 2.05) is 0 Å². The van der Waals surface area contributed by atoms with Gasteiger partial charge in [-0.25, -0.2) is 0 Å². The van der Waals surface area contributed by atoms with Gasteiger partial charge in [0.25, 0.3) is 0 Å². The van der Waals surface area contributed by atoms with Crippen molar-refractivity contribution < 1.29 is 4.74 Å². The van der Waals surface area contributed by atoms with Crippen molar-refractivity contribution in [1.82, 2.24) is 0 Å². The monoisotopic (exact) mass is 492 g/mol. The van der Waals surface area contributed by atoms with Crippen molar-refractivity contribution in [2.24, 2.45) is 0 Å². The molecule has 0 N–H and O–H groups in total. The Balaban J connectivity index is 1.36. The molecule has 1 aliphatic rings. The van der Waals surface area contributed by atoms with Gasteiger partial charge < -0.3 is 4.74 Å². The van der Waals surface area contributed by atoms with E-state index in [4.69, 9.17) is 4.74 Å². The molecular weight excluding hydrogens is 464 g/mol. The number of hydrogen-bond acceptors (Lipinski definition) is 1. The van der Waals surface area contributed by atoms with Crippen LogP contribution in [-0.4, -0.2) is 8.07 Å². The average Bonchev–Trinajstić information content (AvgIpc) is 2.92. The fraction of sp³-hybridized carbons (Fsp3) is 0.0857. The molecule has 0 atom stereocenters. The van der Waals surface area contributed by atoms with Gasteiger partial charge in [-0.3, -0.25) is 0 Å². The zero-order valence-corrected chi connectivity index (χ0v) is 22.4. The van der Waals surface area contributed by atoms with Gasteiger partial charge in [-0.15, -0.1) is 0 Å². The van der Waals surface area contributed by atoms with Crippen LogP contribution in [0.5, 0.6) is 11.5 Å². The second-order valence-corrected chi connectivity index (χ2v) is 16.1. The van der Waals surface area contributed by atoms with Crippen molar-refractivity contribution in [3.05, 3.63) is 115 Å². The Morgan fingerprint density at radius 2 is 1.14 bits per heavy atom. The van der Waals surface area contributed by atoms with Gasteiger partial charge in [-0.1, -0.05) is 122 Å². The molecule has 0 spiro atoms. The highest BCUT2D eigenvalue weighted by Crippen LogP contribution is 2.49. The number of benzene rings is 6. The molecule has 1 nitrogen and oxygen atoms in total. The summed E-state index contributed by atoms with van der Waals surface area (Å²) in [6.07, 6.45) is 0. The number of ether oxygens (including phenoxy) is 1. The second-order valence-electron chi connectivity index (χ2n) is 11.0. The van der Waals surface area contributed by atoms with Crippen LogP contribution < -0.4 is 9.92 Å². The topological polar surface area (TPSA) is 9.23 Å². The van der Waals surface area contributed by atoms with Crippen LogP contribution in [0.1, 0.15) is 0 Å². The van der Waals surface area contributed by atoms with Crippen molar-refractivity contribution in [2.75, 3.05) is 0 Å². The van der Waals surface area contributed by atoms with Gasteiger partial charge in [-0.2, -0.15) is 0 Å². The third-order valence-electron chi connectivity index (χ3n) is 7.66. The molecule has 0 fully saturated rings. The molecule has 1 aliphatic heterocycles. The molecule has 37 heavy (non-hydrogen) atoms. The van der Waals surface area contributed by atoms with E-state index in [2.05, 4.69) is 135 Å². The second kappa shape index (κ2) is 8.19. The first-order valence-electron chi connectivity index (χ1n) is 12.9. The molecule has 0 saturated heterocycles. The van der Waals surface area contributed by atoms with E-state index >= 15 is 0 Å². The van der Waals surface area contributed by atoms with Crippen LogP contribution in [0.4, 0.5) is 0 Å². The number of hydrogen-bond donors (Lipinski definition) is 0. The van der Waals surface area contributed by atoms with E-state index in [0.717, 1.165) is 17.1 Å². The Morgan fingerprint density at radius 1 is 0.486 bits per heavy atom. The Bertz CT molecular complexity index is 1820. The van der Waals surface area contributed by atoms with Gasteiger partial charge in [0.05, 0.1) is 8.07 Å². The van der Waals surface area contributed by atoms with Gasteiger partial charge >= 0.3 is 0 Å². The molecule has 1 heterocycles. The molecule has 0 unspecified atom stereocenters. The molecule has 0 aliphatic carbocycles. The fourth-order valence-electron chi connectivity index (χ4n) is 5.67. The van der Waals surface area contributed by atoms with Gasteiger partial charge in [0.15, 0.2) is 0 Å². The molecule has 0 aromatic heterocycles. The molecule has 6 aromatic rings. The Hall–Kier alpha value is -4.14. The maximum atomic E-state index is 6.57. The molecule has 0 bridgehead atoms. The van der Waals surface area contributed by atoms with E-state index in [0.29, 0.717) is 0 Å². The highest BCUT2D eigenvalue weighted by Gasteiger charge is 2.23. The third kappa shape index (κ3) is 3.60. The van der Waals surface area contributed by atoms with E-state index in [-0.39, 0.29) is 0 Å². The lowest BCUT2D eigenvalue weighted by Gasteiger charge is -2.23. The SMILES string of the molecule is C[Si](C)(C)c1ccc(-c2ccc3c(c2)Oc2cccc4c(-c5cccc6ccccc56)ccc-3c24)cc1. The minimum Gasteiger partial charge on any atom is -0.456 e. The molecule has 0 amide bonds. The van der Waals surface area contributed by atoms with Gasteiger partial charge in [-0.05, 0) is 62.2 Å². The zero-order chi connectivity index (χ0) is 25.1. The normalized spacial score (nSPS) is 12.4. The summed E-state index contributed by atoms with van der Waals surface area (Å²) in [5, 5.41) is 6.42. The van der Waals surface area contributed by atoms with Crippen LogP contribution in [0.25, 0.3) is 54.9 Å². The predicted molar refractivity (Wildman–Crippen MR) is 161 cm³/mol. The summed E-state index contributed by atoms with van der Waals surface area (Å²) < 4.78 is 6.57. The van der Waals surface area contributed by atoms with Crippen LogP contribution >= 0.6 is 0 Å². The summed E-state index contributed by atoms with van der Waals surface area (Å²) in [6.45, 7) is 7.16. The average molecular weight is 493 g/mol. The third-order valence-corrected chi connectivity index (χ3v) is 9.72. The van der Waals surface area contributed by atoms with Crippen molar-refractivity contribution in [2.45, 2.75) is 19.6 Å². The quantitative estimate of drug-likeness (QED) is 0.223. The van der Waals surface area contributed by atoms with Crippen molar-refractivity contribution in [3.63, 3.8) is 0 Å². The summed E-state index contributed by atoms with van der Waals surface area (Å²) >= 11 is 0. The van der Waals surface area contributed by atoms with E-state index in [9.17, 15) is 0 Å². The first kappa shape index (κ1) is 22.1. The Morgan fingerprint density at radius 3 is 1.97 bits per heavy atom. The van der Waals surface area contributed by atoms with Crippen LogP contribution in [0.15, 0.2) is 115 Å². The zero-order valence-electron chi connectivity index (χ0n) is 21.4. The Labute approximate surface area is 219 Å². The molecule has 2 heteroatoms. The van der Waals surface area contributed by atoms with Crippen LogP contribution in [-0.2, 0) is 0 Å². The lowest BCUT2D eigenvalue weighted by molar-refractivity contribution is 0.487. The highest BCUT2D eigenvalue weighted by molar-refractivity contribution is 6.88. The lowest BCUT2D eigenvalue weighted by Crippen LogP contribution is -2.37. The van der Waals surface area contributed by atoms with Gasteiger partial charge in [0.2, 0.25) is 0 Å². The summed E-state index contributed by atoms with van der Waals surface area (Å²) in [5.74, 6) is 1.85. The van der Waals surface area contributed by atoms with Gasteiger partial charge in [0, 0.05) is 10.9 Å². The molecule has 0 radical (unpaired) electrons. The molecule has 6 aromatic carbocycles.